The smallest absolute Gasteiger partial charge is 0.290 e. The normalized spacial score (nSPS) is 22.9. The number of nitrogens with zero attached hydrogens (tertiary/aromatic N) is 2. The molecule has 1 aromatic carbocycles. The predicted molar refractivity (Wildman–Crippen MR) is 119 cm³/mol. The maximum absolute atomic E-state index is 11.7. The Morgan fingerprint density at radius 3 is 2.57 bits per heavy atom. The molecule has 2 heterocycles. The lowest BCUT2D eigenvalue weighted by Gasteiger charge is -2.29. The Labute approximate surface area is 180 Å². The minimum atomic E-state index is -0.379. The van der Waals surface area contributed by atoms with Crippen molar-refractivity contribution < 1.29 is 9.59 Å². The SMILES string of the molecule is O=C1NC(=O)C(=Cc2ccnc(N[C@H]3CC[C@@H](NCCc4ccccc4)CC3)n2)S1. The Kier molecular flexibility index (Phi) is 6.76. The van der Waals surface area contributed by atoms with Gasteiger partial charge < -0.3 is 10.6 Å². The van der Waals surface area contributed by atoms with Gasteiger partial charge in [-0.3, -0.25) is 14.9 Å². The predicted octanol–water partition coefficient (Wildman–Crippen LogP) is 3.36. The zero-order valence-corrected chi connectivity index (χ0v) is 17.5. The molecule has 0 spiro atoms. The second-order valence-electron chi connectivity index (χ2n) is 7.54. The van der Waals surface area contributed by atoms with Gasteiger partial charge in [-0.1, -0.05) is 30.3 Å². The van der Waals surface area contributed by atoms with E-state index in [0.717, 1.165) is 50.4 Å². The van der Waals surface area contributed by atoms with E-state index in [-0.39, 0.29) is 11.1 Å². The molecule has 0 unspecified atom stereocenters. The van der Waals surface area contributed by atoms with Crippen LogP contribution in [0.4, 0.5) is 10.7 Å². The highest BCUT2D eigenvalue weighted by atomic mass is 32.2. The third-order valence-corrected chi connectivity index (χ3v) is 6.16. The molecule has 1 saturated carbocycles. The summed E-state index contributed by atoms with van der Waals surface area (Å²) in [5.74, 6) is 0.177. The Bertz CT molecular complexity index is 926. The summed E-state index contributed by atoms with van der Waals surface area (Å²) in [7, 11) is 0. The number of carbonyl (C=O) groups is 2. The Hall–Kier alpha value is -2.71. The van der Waals surface area contributed by atoms with E-state index in [1.165, 1.54) is 5.56 Å². The highest BCUT2D eigenvalue weighted by Gasteiger charge is 2.25. The van der Waals surface area contributed by atoms with Gasteiger partial charge in [0.15, 0.2) is 0 Å². The Balaban J connectivity index is 1.24. The van der Waals surface area contributed by atoms with Crippen LogP contribution < -0.4 is 16.0 Å². The second kappa shape index (κ2) is 9.86. The van der Waals surface area contributed by atoms with E-state index in [9.17, 15) is 9.59 Å². The van der Waals surface area contributed by atoms with Crippen LogP contribution >= 0.6 is 11.8 Å². The lowest BCUT2D eigenvalue weighted by molar-refractivity contribution is -0.115. The lowest BCUT2D eigenvalue weighted by atomic mass is 9.91. The van der Waals surface area contributed by atoms with Crippen LogP contribution in [0.3, 0.4) is 0 Å². The van der Waals surface area contributed by atoms with Gasteiger partial charge in [0.05, 0.1) is 10.6 Å². The molecule has 2 aromatic rings. The second-order valence-corrected chi connectivity index (χ2v) is 8.55. The van der Waals surface area contributed by atoms with E-state index in [2.05, 4.69) is 50.2 Å². The van der Waals surface area contributed by atoms with Crippen molar-refractivity contribution in [2.45, 2.75) is 44.2 Å². The van der Waals surface area contributed by atoms with Gasteiger partial charge in [0, 0.05) is 18.3 Å². The summed E-state index contributed by atoms with van der Waals surface area (Å²) in [6.45, 7) is 1.00. The molecule has 1 aliphatic carbocycles. The molecule has 2 fully saturated rings. The van der Waals surface area contributed by atoms with Gasteiger partial charge in [-0.15, -0.1) is 0 Å². The average molecular weight is 424 g/mol. The molecule has 0 bridgehead atoms. The fourth-order valence-corrected chi connectivity index (χ4v) is 4.43. The van der Waals surface area contributed by atoms with Crippen LogP contribution in [0.5, 0.6) is 0 Å². The molecule has 1 saturated heterocycles. The molecule has 2 aliphatic rings. The summed E-state index contributed by atoms with van der Waals surface area (Å²) in [6, 6.07) is 13.2. The van der Waals surface area contributed by atoms with Crippen molar-refractivity contribution in [2.75, 3.05) is 11.9 Å². The maximum atomic E-state index is 11.7. The third-order valence-electron chi connectivity index (χ3n) is 5.35. The molecular formula is C22H25N5O2S. The molecule has 7 nitrogen and oxygen atoms in total. The molecule has 2 amide bonds. The molecule has 0 radical (unpaired) electrons. The number of hydrogen-bond acceptors (Lipinski definition) is 7. The summed E-state index contributed by atoms with van der Waals surface area (Å²) in [5.41, 5.74) is 1.97. The Morgan fingerprint density at radius 2 is 1.83 bits per heavy atom. The van der Waals surface area contributed by atoms with Crippen LogP contribution in [0, 0.1) is 0 Å². The van der Waals surface area contributed by atoms with Gasteiger partial charge in [-0.2, -0.15) is 0 Å². The molecule has 0 atom stereocenters. The summed E-state index contributed by atoms with van der Waals surface area (Å²) in [4.78, 5) is 32.1. The minimum Gasteiger partial charge on any atom is -0.351 e. The molecule has 8 heteroatoms. The average Bonchev–Trinajstić information content (AvgIpc) is 3.07. The zero-order chi connectivity index (χ0) is 20.8. The van der Waals surface area contributed by atoms with Crippen molar-refractivity contribution in [2.24, 2.45) is 0 Å². The van der Waals surface area contributed by atoms with E-state index < -0.39 is 0 Å². The van der Waals surface area contributed by atoms with Gasteiger partial charge in [-0.05, 0) is 68.1 Å². The number of carbonyl (C=O) groups excluding carboxylic acids is 2. The van der Waals surface area contributed by atoms with Crippen molar-refractivity contribution in [1.82, 2.24) is 20.6 Å². The number of nitrogens with one attached hydrogen (secondary N) is 3. The van der Waals surface area contributed by atoms with Crippen molar-refractivity contribution in [3.05, 3.63) is 58.8 Å². The van der Waals surface area contributed by atoms with E-state index in [1.54, 1.807) is 18.3 Å². The van der Waals surface area contributed by atoms with Crippen LogP contribution in [0.2, 0.25) is 0 Å². The largest absolute Gasteiger partial charge is 0.351 e. The number of rotatable bonds is 7. The Morgan fingerprint density at radius 1 is 1.07 bits per heavy atom. The molecule has 3 N–H and O–H groups in total. The number of amides is 2. The maximum Gasteiger partial charge on any atom is 0.290 e. The number of imide groups is 1. The van der Waals surface area contributed by atoms with E-state index in [1.807, 2.05) is 6.07 Å². The number of anilines is 1. The van der Waals surface area contributed by atoms with E-state index in [4.69, 9.17) is 0 Å². The quantitative estimate of drug-likeness (QED) is 0.588. The topological polar surface area (TPSA) is 96.0 Å². The van der Waals surface area contributed by atoms with E-state index >= 15 is 0 Å². The number of thioether (sulfide) groups is 1. The molecule has 4 rings (SSSR count). The lowest BCUT2D eigenvalue weighted by Crippen LogP contribution is -2.38. The van der Waals surface area contributed by atoms with Crippen LogP contribution in [-0.2, 0) is 11.2 Å². The highest BCUT2D eigenvalue weighted by Crippen LogP contribution is 2.25. The van der Waals surface area contributed by atoms with Gasteiger partial charge >= 0.3 is 0 Å². The van der Waals surface area contributed by atoms with Gasteiger partial charge in [0.2, 0.25) is 5.95 Å². The van der Waals surface area contributed by atoms with Crippen molar-refractivity contribution in [3.63, 3.8) is 0 Å². The van der Waals surface area contributed by atoms with Gasteiger partial charge in [0.1, 0.15) is 0 Å². The third kappa shape index (κ3) is 5.67. The van der Waals surface area contributed by atoms with Crippen LogP contribution in [0.25, 0.3) is 6.08 Å². The summed E-state index contributed by atoms with van der Waals surface area (Å²) in [5, 5.41) is 8.99. The van der Waals surface area contributed by atoms with Gasteiger partial charge in [-0.25, -0.2) is 9.97 Å². The molecular weight excluding hydrogens is 398 g/mol. The summed E-state index contributed by atoms with van der Waals surface area (Å²) in [6.07, 6.45) is 8.69. The summed E-state index contributed by atoms with van der Waals surface area (Å²) >= 11 is 0.889. The number of aromatic nitrogens is 2. The first-order valence-electron chi connectivity index (χ1n) is 10.3. The first kappa shape index (κ1) is 20.6. The zero-order valence-electron chi connectivity index (χ0n) is 16.6. The van der Waals surface area contributed by atoms with Crippen molar-refractivity contribution in [1.29, 1.82) is 0 Å². The first-order chi connectivity index (χ1) is 14.7. The standard InChI is InChI=1S/C22H25N5O2S/c28-20-19(30-22(29)27-20)14-18-11-13-24-21(26-18)25-17-8-6-16(7-9-17)23-12-10-15-4-2-1-3-5-15/h1-5,11,13-14,16-17,23H,6-10,12H2,(H,24,25,26)(H,27,28,29)/t16-,17+. The molecule has 1 aromatic heterocycles. The molecule has 156 valence electrons. The fourth-order valence-electron chi connectivity index (χ4n) is 3.77. The highest BCUT2D eigenvalue weighted by molar-refractivity contribution is 8.18. The first-order valence-corrected chi connectivity index (χ1v) is 11.1. The number of hydrogen-bond donors (Lipinski definition) is 3. The summed E-state index contributed by atoms with van der Waals surface area (Å²) < 4.78 is 0. The van der Waals surface area contributed by atoms with Crippen molar-refractivity contribution >= 4 is 34.9 Å². The molecule has 30 heavy (non-hydrogen) atoms. The molecule has 1 aliphatic heterocycles. The number of benzene rings is 1. The fraction of sp³-hybridized carbons (Fsp3) is 0.364. The van der Waals surface area contributed by atoms with Crippen LogP contribution in [-0.4, -0.2) is 39.7 Å². The van der Waals surface area contributed by atoms with Crippen LogP contribution in [0.1, 0.15) is 36.9 Å². The minimum absolute atomic E-state index is 0.339. The van der Waals surface area contributed by atoms with Gasteiger partial charge in [0.25, 0.3) is 11.1 Å². The van der Waals surface area contributed by atoms with Crippen LogP contribution in [0.15, 0.2) is 47.5 Å². The van der Waals surface area contributed by atoms with E-state index in [0.29, 0.717) is 28.6 Å². The van der Waals surface area contributed by atoms with Crippen molar-refractivity contribution in [3.8, 4) is 0 Å². The monoisotopic (exact) mass is 423 g/mol.